The molecule has 2 aromatic carbocycles. The molecule has 2 aromatic rings. The Morgan fingerprint density at radius 1 is 0.955 bits per heavy atom. The summed E-state index contributed by atoms with van der Waals surface area (Å²) in [5.74, 6) is 0.515. The molecule has 0 aliphatic heterocycles. The van der Waals surface area contributed by atoms with Gasteiger partial charge in [0.25, 0.3) is 0 Å². The number of hydrogen-bond donors (Lipinski definition) is 2. The van der Waals surface area contributed by atoms with Crippen LogP contribution in [-0.2, 0) is 15.9 Å². The van der Waals surface area contributed by atoms with Crippen LogP contribution in [0.5, 0.6) is 5.75 Å². The second-order valence-electron chi connectivity index (χ2n) is 4.69. The first kappa shape index (κ1) is 16.7. The number of ether oxygens (including phenoxy) is 1. The van der Waals surface area contributed by atoms with Gasteiger partial charge in [-0.05, 0) is 17.7 Å². The van der Waals surface area contributed by atoms with Crippen molar-refractivity contribution in [3.8, 4) is 5.75 Å². The number of hydroxylamine groups is 1. The largest absolute Gasteiger partial charge is 0.397 e. The van der Waals surface area contributed by atoms with Gasteiger partial charge in [0.2, 0.25) is 0 Å². The number of rotatable bonds is 8. The number of para-hydroxylation sites is 1. The summed E-state index contributed by atoms with van der Waals surface area (Å²) in [5, 5.41) is 0. The Morgan fingerprint density at radius 3 is 2.14 bits per heavy atom. The van der Waals surface area contributed by atoms with E-state index in [1.54, 1.807) is 24.3 Å². The van der Waals surface area contributed by atoms with Crippen LogP contribution in [0, 0.1) is 0 Å². The molecule has 6 nitrogen and oxygen atoms in total. The lowest BCUT2D eigenvalue weighted by Crippen LogP contribution is -2.34. The lowest BCUT2D eigenvalue weighted by Gasteiger charge is -2.24. The minimum atomic E-state index is -3.52. The van der Waals surface area contributed by atoms with Crippen molar-refractivity contribution in [1.29, 1.82) is 0 Å². The van der Waals surface area contributed by atoms with Crippen LogP contribution in [0.15, 0.2) is 60.7 Å². The maximum absolute atomic E-state index is 11.9. The van der Waals surface area contributed by atoms with Crippen molar-refractivity contribution in [2.45, 2.75) is 6.61 Å². The molecule has 0 fully saturated rings. The van der Waals surface area contributed by atoms with Crippen LogP contribution in [0.3, 0.4) is 0 Å². The van der Waals surface area contributed by atoms with E-state index >= 15 is 0 Å². The van der Waals surface area contributed by atoms with Crippen LogP contribution in [0.1, 0.15) is 5.56 Å². The Labute approximate surface area is 130 Å². The molecule has 0 amide bonds. The van der Waals surface area contributed by atoms with Crippen LogP contribution in [0.25, 0.3) is 0 Å². The Bertz CT molecular complexity index is 604. The minimum absolute atomic E-state index is 0.200. The molecule has 0 aromatic heterocycles. The average molecular weight is 321 g/mol. The van der Waals surface area contributed by atoms with E-state index in [0.29, 0.717) is 19.0 Å². The van der Waals surface area contributed by atoms with E-state index in [2.05, 4.69) is 0 Å². The second kappa shape index (κ2) is 8.08. The van der Waals surface area contributed by atoms with E-state index in [1.807, 2.05) is 36.4 Å². The van der Waals surface area contributed by atoms with Gasteiger partial charge >= 0.3 is 7.59 Å². The summed E-state index contributed by atoms with van der Waals surface area (Å²) in [4.78, 5) is 6.55. The van der Waals surface area contributed by atoms with Crippen molar-refractivity contribution in [2.75, 3.05) is 13.2 Å². The van der Waals surface area contributed by atoms with Gasteiger partial charge in [0, 0.05) is 0 Å². The molecular weight excluding hydrogens is 301 g/mol. The molecule has 7 heteroatoms. The maximum Gasteiger partial charge on any atom is 0.308 e. The molecule has 4 N–H and O–H groups in total. The normalized spacial score (nSPS) is 11.6. The monoisotopic (exact) mass is 321 g/mol. The molecule has 0 unspecified atom stereocenters. The summed E-state index contributed by atoms with van der Waals surface area (Å²) >= 11 is 0. The summed E-state index contributed by atoms with van der Waals surface area (Å²) in [6, 6.07) is 18.7. The van der Waals surface area contributed by atoms with Gasteiger partial charge in [-0.1, -0.05) is 53.4 Å². The van der Waals surface area contributed by atoms with Crippen molar-refractivity contribution in [1.82, 2.24) is 4.83 Å². The van der Waals surface area contributed by atoms with Gasteiger partial charge in [0.05, 0.1) is 19.8 Å². The standard InChI is InChI=1S/C15H20N3O3P/c16-22(17,19)18(21-15-9-5-2-6-10-15)11-12-20-13-14-7-3-1-4-8-14/h1-10H,11-13H2,(H4,16,17,19). The van der Waals surface area contributed by atoms with Crippen molar-refractivity contribution in [3.05, 3.63) is 66.2 Å². The summed E-state index contributed by atoms with van der Waals surface area (Å²) in [6.07, 6.45) is 0. The van der Waals surface area contributed by atoms with Crippen LogP contribution < -0.4 is 15.8 Å². The number of nitrogens with two attached hydrogens (primary N) is 2. The lowest BCUT2D eigenvalue weighted by molar-refractivity contribution is -0.000403. The van der Waals surface area contributed by atoms with Gasteiger partial charge < -0.3 is 9.57 Å². The highest BCUT2D eigenvalue weighted by Crippen LogP contribution is 2.32. The fraction of sp³-hybridized carbons (Fsp3) is 0.200. The molecule has 0 aliphatic carbocycles. The third-order valence-electron chi connectivity index (χ3n) is 2.84. The van der Waals surface area contributed by atoms with E-state index in [0.717, 1.165) is 10.4 Å². The lowest BCUT2D eigenvalue weighted by atomic mass is 10.2. The Hall–Kier alpha value is -1.69. The Kier molecular flexibility index (Phi) is 6.12. The first-order valence-corrected chi connectivity index (χ1v) is 8.65. The fourth-order valence-electron chi connectivity index (χ4n) is 1.78. The SMILES string of the molecule is NP(N)(=O)N(CCOCc1ccccc1)Oc1ccccc1. The quantitative estimate of drug-likeness (QED) is 0.441. The van der Waals surface area contributed by atoms with Crippen LogP contribution in [0.4, 0.5) is 0 Å². The predicted molar refractivity (Wildman–Crippen MR) is 85.9 cm³/mol. The highest BCUT2D eigenvalue weighted by atomic mass is 31.2. The molecule has 118 valence electrons. The molecule has 22 heavy (non-hydrogen) atoms. The van der Waals surface area contributed by atoms with E-state index in [1.165, 1.54) is 0 Å². The molecule has 0 saturated carbocycles. The molecule has 0 saturated heterocycles. The Balaban J connectivity index is 1.84. The zero-order chi connectivity index (χ0) is 15.8. The molecule has 0 heterocycles. The van der Waals surface area contributed by atoms with Crippen molar-refractivity contribution in [3.63, 3.8) is 0 Å². The third-order valence-corrected chi connectivity index (χ3v) is 3.82. The van der Waals surface area contributed by atoms with Gasteiger partial charge in [-0.25, -0.2) is 0 Å². The predicted octanol–water partition coefficient (Wildman–Crippen LogP) is 2.52. The van der Waals surface area contributed by atoms with Crippen molar-refractivity contribution in [2.24, 2.45) is 11.0 Å². The molecule has 0 atom stereocenters. The summed E-state index contributed by atoms with van der Waals surface area (Å²) < 4.78 is 17.4. The van der Waals surface area contributed by atoms with Gasteiger partial charge in [0.1, 0.15) is 5.75 Å². The summed E-state index contributed by atoms with van der Waals surface area (Å²) in [7, 11) is -3.52. The van der Waals surface area contributed by atoms with Gasteiger partial charge in [-0.3, -0.25) is 15.6 Å². The molecule has 0 radical (unpaired) electrons. The smallest absolute Gasteiger partial charge is 0.308 e. The zero-order valence-electron chi connectivity index (χ0n) is 12.2. The van der Waals surface area contributed by atoms with E-state index in [9.17, 15) is 4.57 Å². The second-order valence-corrected chi connectivity index (χ2v) is 6.48. The maximum atomic E-state index is 11.9. The number of hydrogen-bond acceptors (Lipinski definition) is 3. The van der Waals surface area contributed by atoms with Crippen molar-refractivity contribution >= 4 is 7.59 Å². The number of nitrogens with zero attached hydrogens (tertiary/aromatic N) is 1. The van der Waals surface area contributed by atoms with Gasteiger partial charge in [-0.2, -0.15) is 0 Å². The Morgan fingerprint density at radius 2 is 1.55 bits per heavy atom. The topological polar surface area (TPSA) is 90.8 Å². The van der Waals surface area contributed by atoms with Crippen LogP contribution in [0.2, 0.25) is 0 Å². The van der Waals surface area contributed by atoms with Gasteiger partial charge in [-0.15, -0.1) is 0 Å². The first-order valence-electron chi connectivity index (χ1n) is 6.85. The highest BCUT2D eigenvalue weighted by molar-refractivity contribution is 7.56. The molecule has 0 aliphatic rings. The van der Waals surface area contributed by atoms with Crippen molar-refractivity contribution < 1.29 is 14.1 Å². The average Bonchev–Trinajstić information content (AvgIpc) is 2.51. The minimum Gasteiger partial charge on any atom is -0.397 e. The molecular formula is C15H20N3O3P. The molecule has 0 spiro atoms. The van der Waals surface area contributed by atoms with E-state index in [4.69, 9.17) is 20.6 Å². The van der Waals surface area contributed by atoms with E-state index < -0.39 is 7.59 Å². The molecule has 2 rings (SSSR count). The fourth-order valence-corrected chi connectivity index (χ4v) is 2.39. The number of benzene rings is 2. The first-order chi connectivity index (χ1) is 10.6. The summed E-state index contributed by atoms with van der Waals surface area (Å²) in [6.45, 7) is 0.950. The zero-order valence-corrected chi connectivity index (χ0v) is 13.1. The highest BCUT2D eigenvalue weighted by Gasteiger charge is 2.23. The third kappa shape index (κ3) is 5.60. The van der Waals surface area contributed by atoms with Crippen LogP contribution >= 0.6 is 7.59 Å². The van der Waals surface area contributed by atoms with E-state index in [-0.39, 0.29) is 6.54 Å². The summed E-state index contributed by atoms with van der Waals surface area (Å²) in [5.41, 5.74) is 12.1. The molecule has 0 bridgehead atoms. The van der Waals surface area contributed by atoms with Crippen LogP contribution in [-0.4, -0.2) is 18.0 Å². The van der Waals surface area contributed by atoms with Gasteiger partial charge in [0.15, 0.2) is 0 Å².